The summed E-state index contributed by atoms with van der Waals surface area (Å²) in [5, 5.41) is 2.88. The van der Waals surface area contributed by atoms with Crippen LogP contribution in [0.1, 0.15) is 26.3 Å². The highest BCUT2D eigenvalue weighted by atomic mass is 16.2. The first-order valence-corrected chi connectivity index (χ1v) is 12.6. The van der Waals surface area contributed by atoms with E-state index in [2.05, 4.69) is 28.5 Å². The molecule has 1 aliphatic heterocycles. The molecule has 2 amide bonds. The first-order chi connectivity index (χ1) is 18.7. The topological polar surface area (TPSA) is 62.3 Å². The summed E-state index contributed by atoms with van der Waals surface area (Å²) in [6.45, 7) is 0.571. The molecule has 1 N–H and O–H groups in total. The lowest BCUT2D eigenvalue weighted by Gasteiger charge is -2.23. The van der Waals surface area contributed by atoms with Crippen molar-refractivity contribution in [3.63, 3.8) is 0 Å². The van der Waals surface area contributed by atoms with Gasteiger partial charge < -0.3 is 10.2 Å². The molecule has 0 spiro atoms. The molecule has 0 unspecified atom stereocenters. The second-order valence-electron chi connectivity index (χ2n) is 9.18. The molecular weight excluding hydrogens is 470 g/mol. The first kappa shape index (κ1) is 23.4. The largest absolute Gasteiger partial charge is 0.307 e. The fourth-order valence-corrected chi connectivity index (χ4v) is 4.99. The summed E-state index contributed by atoms with van der Waals surface area (Å²) in [4.78, 5) is 33.0. The van der Waals surface area contributed by atoms with Gasteiger partial charge >= 0.3 is 0 Å². The number of nitrogens with one attached hydrogen (secondary N) is 1. The van der Waals surface area contributed by atoms with Crippen molar-refractivity contribution in [2.75, 3.05) is 16.8 Å². The molecule has 38 heavy (non-hydrogen) atoms. The SMILES string of the molecule is O=C(Nc1ccc(C(=O)N2CCc3ccccc3-c3ccccc32)cn1)c1ccccc1-c1ccccc1. The zero-order chi connectivity index (χ0) is 25.9. The lowest BCUT2D eigenvalue weighted by molar-refractivity contribution is 0.0986. The van der Waals surface area contributed by atoms with Crippen molar-refractivity contribution in [3.8, 4) is 22.3 Å². The number of fused-ring (bicyclic) bond motifs is 3. The van der Waals surface area contributed by atoms with Crippen molar-refractivity contribution >= 4 is 23.3 Å². The summed E-state index contributed by atoms with van der Waals surface area (Å²) in [5.74, 6) is 0.0124. The Kier molecular flexibility index (Phi) is 6.24. The normalized spacial score (nSPS) is 12.2. The molecule has 0 bridgehead atoms. The summed E-state index contributed by atoms with van der Waals surface area (Å²) in [6.07, 6.45) is 2.29. The van der Waals surface area contributed by atoms with Gasteiger partial charge in [-0.3, -0.25) is 9.59 Å². The number of hydrogen-bond donors (Lipinski definition) is 1. The average Bonchev–Trinajstić information content (AvgIpc) is 3.15. The van der Waals surface area contributed by atoms with Gasteiger partial charge in [0.1, 0.15) is 5.82 Å². The van der Waals surface area contributed by atoms with E-state index in [-0.39, 0.29) is 11.8 Å². The minimum atomic E-state index is -0.254. The number of anilines is 2. The number of hydrogen-bond acceptors (Lipinski definition) is 3. The van der Waals surface area contributed by atoms with E-state index in [0.717, 1.165) is 34.4 Å². The summed E-state index contributed by atoms with van der Waals surface area (Å²) in [5.41, 5.74) is 7.15. The minimum absolute atomic E-state index is 0.120. The number of aromatic nitrogens is 1. The Morgan fingerprint density at radius 1 is 0.684 bits per heavy atom. The van der Waals surface area contributed by atoms with Crippen molar-refractivity contribution in [1.82, 2.24) is 4.98 Å². The van der Waals surface area contributed by atoms with Gasteiger partial charge in [-0.25, -0.2) is 4.98 Å². The van der Waals surface area contributed by atoms with E-state index in [1.165, 1.54) is 11.8 Å². The number of pyridine rings is 1. The standard InChI is InChI=1S/C33H25N3O2/c37-32(29-16-7-6-14-27(29)23-10-2-1-3-11-23)35-31-19-18-25(22-34-31)33(38)36-21-20-24-12-4-5-13-26(24)28-15-8-9-17-30(28)36/h1-19,22H,20-21H2,(H,34,35,37). The Bertz CT molecular complexity index is 1630. The van der Waals surface area contributed by atoms with Crippen molar-refractivity contribution < 1.29 is 9.59 Å². The lowest BCUT2D eigenvalue weighted by Crippen LogP contribution is -2.32. The second-order valence-corrected chi connectivity index (χ2v) is 9.18. The molecule has 6 rings (SSSR count). The van der Waals surface area contributed by atoms with Gasteiger partial charge in [0.2, 0.25) is 0 Å². The zero-order valence-electron chi connectivity index (χ0n) is 20.7. The van der Waals surface area contributed by atoms with Crippen LogP contribution >= 0.6 is 0 Å². The van der Waals surface area contributed by atoms with Crippen LogP contribution in [0.4, 0.5) is 11.5 Å². The molecular formula is C33H25N3O2. The van der Waals surface area contributed by atoms with Crippen LogP contribution in [0, 0.1) is 0 Å². The van der Waals surface area contributed by atoms with E-state index in [1.807, 2.05) is 83.8 Å². The van der Waals surface area contributed by atoms with Gasteiger partial charge in [0.05, 0.1) is 11.3 Å². The number of carbonyl (C=O) groups is 2. The highest BCUT2D eigenvalue weighted by Crippen LogP contribution is 2.36. The van der Waals surface area contributed by atoms with Crippen LogP contribution in [-0.4, -0.2) is 23.3 Å². The van der Waals surface area contributed by atoms with E-state index in [4.69, 9.17) is 0 Å². The van der Waals surface area contributed by atoms with Gasteiger partial charge in [-0.15, -0.1) is 0 Å². The minimum Gasteiger partial charge on any atom is -0.307 e. The van der Waals surface area contributed by atoms with Crippen LogP contribution in [0.2, 0.25) is 0 Å². The zero-order valence-corrected chi connectivity index (χ0v) is 20.7. The third-order valence-electron chi connectivity index (χ3n) is 6.86. The predicted molar refractivity (Wildman–Crippen MR) is 151 cm³/mol. The van der Waals surface area contributed by atoms with Crippen LogP contribution < -0.4 is 10.2 Å². The van der Waals surface area contributed by atoms with Gasteiger partial charge in [0.25, 0.3) is 11.8 Å². The quantitative estimate of drug-likeness (QED) is 0.296. The highest BCUT2D eigenvalue weighted by Gasteiger charge is 2.25. The Hall–Kier alpha value is -5.03. The van der Waals surface area contributed by atoms with Crippen LogP contribution in [0.15, 0.2) is 121 Å². The monoisotopic (exact) mass is 495 g/mol. The Morgan fingerprint density at radius 3 is 2.16 bits per heavy atom. The van der Waals surface area contributed by atoms with Crippen LogP contribution in [0.25, 0.3) is 22.3 Å². The van der Waals surface area contributed by atoms with Gasteiger partial charge in [-0.1, -0.05) is 91.0 Å². The number of carbonyl (C=O) groups excluding carboxylic acids is 2. The Balaban J connectivity index is 1.23. The van der Waals surface area contributed by atoms with Crippen molar-refractivity contribution in [1.29, 1.82) is 0 Å². The van der Waals surface area contributed by atoms with Crippen LogP contribution in [0.3, 0.4) is 0 Å². The fourth-order valence-electron chi connectivity index (χ4n) is 4.99. The van der Waals surface area contributed by atoms with Crippen molar-refractivity contribution in [2.24, 2.45) is 0 Å². The highest BCUT2D eigenvalue weighted by molar-refractivity contribution is 6.10. The van der Waals surface area contributed by atoms with Gasteiger partial charge in [0.15, 0.2) is 0 Å². The smallest absolute Gasteiger partial charge is 0.259 e. The molecule has 1 aromatic heterocycles. The Morgan fingerprint density at radius 2 is 1.37 bits per heavy atom. The molecule has 5 heteroatoms. The molecule has 4 aromatic carbocycles. The first-order valence-electron chi connectivity index (χ1n) is 12.6. The molecule has 0 fully saturated rings. The van der Waals surface area contributed by atoms with Crippen molar-refractivity contribution in [3.05, 3.63) is 138 Å². The van der Waals surface area contributed by atoms with E-state index >= 15 is 0 Å². The molecule has 184 valence electrons. The number of benzene rings is 4. The second kappa shape index (κ2) is 10.1. The molecule has 0 radical (unpaired) electrons. The number of amides is 2. The molecule has 0 saturated heterocycles. The lowest BCUT2D eigenvalue weighted by atomic mass is 9.98. The average molecular weight is 496 g/mol. The number of nitrogens with zero attached hydrogens (tertiary/aromatic N) is 2. The molecule has 0 saturated carbocycles. The van der Waals surface area contributed by atoms with E-state index < -0.39 is 0 Å². The van der Waals surface area contributed by atoms with E-state index in [9.17, 15) is 9.59 Å². The summed E-state index contributed by atoms with van der Waals surface area (Å²) >= 11 is 0. The van der Waals surface area contributed by atoms with E-state index in [0.29, 0.717) is 23.5 Å². The third-order valence-corrected chi connectivity index (χ3v) is 6.86. The van der Waals surface area contributed by atoms with Crippen LogP contribution in [-0.2, 0) is 6.42 Å². The van der Waals surface area contributed by atoms with E-state index in [1.54, 1.807) is 18.2 Å². The maximum Gasteiger partial charge on any atom is 0.259 e. The third kappa shape index (κ3) is 4.46. The summed E-state index contributed by atoms with van der Waals surface area (Å²) in [7, 11) is 0. The summed E-state index contributed by atoms with van der Waals surface area (Å²) in [6, 6.07) is 37.0. The predicted octanol–water partition coefficient (Wildman–Crippen LogP) is 6.87. The van der Waals surface area contributed by atoms with Gasteiger partial charge in [-0.05, 0) is 52.9 Å². The molecule has 5 nitrogen and oxygen atoms in total. The number of rotatable bonds is 4. The van der Waals surface area contributed by atoms with Crippen LogP contribution in [0.5, 0.6) is 0 Å². The molecule has 0 atom stereocenters. The fraction of sp³-hybridized carbons (Fsp3) is 0.0606. The summed E-state index contributed by atoms with van der Waals surface area (Å²) < 4.78 is 0. The molecule has 1 aliphatic rings. The maximum absolute atomic E-state index is 13.6. The molecule has 2 heterocycles. The Labute approximate surface area is 221 Å². The van der Waals surface area contributed by atoms with Gasteiger partial charge in [0, 0.05) is 23.9 Å². The maximum atomic E-state index is 13.6. The number of para-hydroxylation sites is 1. The van der Waals surface area contributed by atoms with Crippen molar-refractivity contribution in [2.45, 2.75) is 6.42 Å². The van der Waals surface area contributed by atoms with Gasteiger partial charge in [-0.2, -0.15) is 0 Å². The molecule has 0 aliphatic carbocycles. The molecule has 5 aromatic rings.